The van der Waals surface area contributed by atoms with E-state index in [9.17, 15) is 9.59 Å². The first-order valence-corrected chi connectivity index (χ1v) is 9.23. The Balaban J connectivity index is 1.42. The van der Waals surface area contributed by atoms with Gasteiger partial charge in [0.15, 0.2) is 5.69 Å². The molecule has 0 aromatic carbocycles. The zero-order valence-electron chi connectivity index (χ0n) is 14.0. The molecule has 0 aliphatic carbocycles. The molecule has 6 nitrogen and oxygen atoms in total. The van der Waals surface area contributed by atoms with Gasteiger partial charge in [0.25, 0.3) is 5.91 Å². The summed E-state index contributed by atoms with van der Waals surface area (Å²) in [5.41, 5.74) is 1.25. The number of rotatable bonds is 2. The molecule has 4 rings (SSSR count). The Bertz CT molecular complexity index is 811. The number of fused-ring (bicyclic) bond motifs is 1. The van der Waals surface area contributed by atoms with Crippen LogP contribution in [0.2, 0.25) is 5.02 Å². The van der Waals surface area contributed by atoms with E-state index in [1.54, 1.807) is 28.9 Å². The van der Waals surface area contributed by atoms with Crippen molar-refractivity contribution in [2.24, 2.45) is 0 Å². The number of likely N-dealkylation sites (tertiary alicyclic amines) is 2. The largest absolute Gasteiger partial charge is 0.340 e. The summed E-state index contributed by atoms with van der Waals surface area (Å²) in [5, 5.41) is 4.98. The van der Waals surface area contributed by atoms with Gasteiger partial charge in [-0.25, -0.2) is 4.52 Å². The van der Waals surface area contributed by atoms with Crippen LogP contribution in [0.1, 0.15) is 42.6 Å². The molecule has 0 bridgehead atoms. The van der Waals surface area contributed by atoms with E-state index in [4.69, 9.17) is 11.6 Å². The molecule has 0 saturated carbocycles. The highest BCUT2D eigenvalue weighted by molar-refractivity contribution is 6.30. The number of pyridine rings is 1. The zero-order chi connectivity index (χ0) is 17.4. The fourth-order valence-electron chi connectivity index (χ4n) is 3.83. The minimum atomic E-state index is -0.0526. The first-order chi connectivity index (χ1) is 12.1. The van der Waals surface area contributed by atoms with Crippen LogP contribution in [0.25, 0.3) is 5.52 Å². The van der Waals surface area contributed by atoms with Gasteiger partial charge in [0.2, 0.25) is 5.91 Å². The number of carbonyl (C=O) groups excluding carboxylic acids is 2. The normalized spacial score (nSPS) is 19.6. The SMILES string of the molecule is O=C(c1cc2cc(Cl)ccn2n1)N1CCC(N2CCCCC2=O)CC1. The van der Waals surface area contributed by atoms with Crippen LogP contribution >= 0.6 is 11.6 Å². The van der Waals surface area contributed by atoms with E-state index in [1.807, 2.05) is 9.80 Å². The maximum atomic E-state index is 12.7. The van der Waals surface area contributed by atoms with Crippen LogP contribution in [0.5, 0.6) is 0 Å². The minimum absolute atomic E-state index is 0.0526. The minimum Gasteiger partial charge on any atom is -0.340 e. The van der Waals surface area contributed by atoms with E-state index in [2.05, 4.69) is 5.10 Å². The molecule has 2 aromatic rings. The third-order valence-corrected chi connectivity index (χ3v) is 5.43. The molecule has 25 heavy (non-hydrogen) atoms. The van der Waals surface area contributed by atoms with Crippen molar-refractivity contribution in [1.82, 2.24) is 19.4 Å². The quantitative estimate of drug-likeness (QED) is 0.827. The molecular formula is C18H21ClN4O2. The van der Waals surface area contributed by atoms with E-state index >= 15 is 0 Å². The Morgan fingerprint density at radius 2 is 1.96 bits per heavy atom. The molecule has 0 N–H and O–H groups in total. The van der Waals surface area contributed by atoms with Gasteiger partial charge < -0.3 is 9.80 Å². The van der Waals surface area contributed by atoms with Gasteiger partial charge in [-0.15, -0.1) is 0 Å². The van der Waals surface area contributed by atoms with Gasteiger partial charge in [-0.1, -0.05) is 11.6 Å². The molecule has 132 valence electrons. The number of piperidine rings is 2. The number of nitrogens with zero attached hydrogens (tertiary/aromatic N) is 4. The molecule has 7 heteroatoms. The van der Waals surface area contributed by atoms with Crippen molar-refractivity contribution in [2.75, 3.05) is 19.6 Å². The van der Waals surface area contributed by atoms with Crippen molar-refractivity contribution >= 4 is 28.9 Å². The van der Waals surface area contributed by atoms with E-state index < -0.39 is 0 Å². The summed E-state index contributed by atoms with van der Waals surface area (Å²) < 4.78 is 1.66. The molecule has 0 spiro atoms. The third kappa shape index (κ3) is 3.23. The first kappa shape index (κ1) is 16.4. The molecule has 2 saturated heterocycles. The van der Waals surface area contributed by atoms with Crippen LogP contribution in [0.3, 0.4) is 0 Å². The predicted octanol–water partition coefficient (Wildman–Crippen LogP) is 2.60. The Labute approximate surface area is 151 Å². The standard InChI is InChI=1S/C18H21ClN4O2/c19-13-4-10-23-15(11-13)12-16(20-23)18(25)21-8-5-14(6-9-21)22-7-2-1-3-17(22)24/h4,10-12,14H,1-3,5-9H2. The predicted molar refractivity (Wildman–Crippen MR) is 94.7 cm³/mol. The number of hydrogen-bond acceptors (Lipinski definition) is 3. The van der Waals surface area contributed by atoms with E-state index in [1.165, 1.54) is 0 Å². The second-order valence-electron chi connectivity index (χ2n) is 6.81. The number of hydrogen-bond donors (Lipinski definition) is 0. The topological polar surface area (TPSA) is 57.9 Å². The number of carbonyl (C=O) groups is 2. The molecule has 0 atom stereocenters. The van der Waals surface area contributed by atoms with Gasteiger partial charge in [-0.2, -0.15) is 5.10 Å². The smallest absolute Gasteiger partial charge is 0.274 e. The van der Waals surface area contributed by atoms with E-state index in [-0.39, 0.29) is 17.9 Å². The van der Waals surface area contributed by atoms with Crippen molar-refractivity contribution in [3.05, 3.63) is 35.1 Å². The van der Waals surface area contributed by atoms with E-state index in [0.29, 0.717) is 30.2 Å². The summed E-state index contributed by atoms with van der Waals surface area (Å²) >= 11 is 5.99. The number of aromatic nitrogens is 2. The van der Waals surface area contributed by atoms with Crippen LogP contribution in [0, 0.1) is 0 Å². The second-order valence-corrected chi connectivity index (χ2v) is 7.25. The summed E-state index contributed by atoms with van der Waals surface area (Å²) in [4.78, 5) is 28.7. The highest BCUT2D eigenvalue weighted by Gasteiger charge is 2.31. The van der Waals surface area contributed by atoms with Gasteiger partial charge >= 0.3 is 0 Å². The van der Waals surface area contributed by atoms with Crippen molar-refractivity contribution < 1.29 is 9.59 Å². The summed E-state index contributed by atoms with van der Waals surface area (Å²) in [6.07, 6.45) is 6.21. The summed E-state index contributed by atoms with van der Waals surface area (Å²) in [7, 11) is 0. The fraction of sp³-hybridized carbons (Fsp3) is 0.500. The van der Waals surface area contributed by atoms with Gasteiger partial charge in [0, 0.05) is 43.3 Å². The van der Waals surface area contributed by atoms with Crippen LogP contribution < -0.4 is 0 Å². The van der Waals surface area contributed by atoms with Crippen LogP contribution in [0.4, 0.5) is 0 Å². The number of halogens is 1. The lowest BCUT2D eigenvalue weighted by molar-refractivity contribution is -0.136. The summed E-state index contributed by atoms with van der Waals surface area (Å²) in [6.45, 7) is 2.20. The summed E-state index contributed by atoms with van der Waals surface area (Å²) in [5.74, 6) is 0.219. The molecule has 4 heterocycles. The van der Waals surface area contributed by atoms with Crippen LogP contribution in [0.15, 0.2) is 24.4 Å². The average Bonchev–Trinajstić information content (AvgIpc) is 3.05. The maximum absolute atomic E-state index is 12.7. The molecule has 2 fully saturated rings. The lowest BCUT2D eigenvalue weighted by atomic mass is 9.99. The highest BCUT2D eigenvalue weighted by Crippen LogP contribution is 2.23. The van der Waals surface area contributed by atoms with Crippen molar-refractivity contribution in [3.63, 3.8) is 0 Å². The zero-order valence-corrected chi connectivity index (χ0v) is 14.8. The Morgan fingerprint density at radius 1 is 1.16 bits per heavy atom. The third-order valence-electron chi connectivity index (χ3n) is 5.20. The molecule has 2 amide bonds. The van der Waals surface area contributed by atoms with Crippen molar-refractivity contribution in [3.8, 4) is 0 Å². The van der Waals surface area contributed by atoms with Crippen LogP contribution in [-0.2, 0) is 4.79 Å². The molecule has 0 radical (unpaired) electrons. The molecule has 2 aromatic heterocycles. The van der Waals surface area contributed by atoms with E-state index in [0.717, 1.165) is 37.7 Å². The second kappa shape index (κ2) is 6.67. The Hall–Kier alpha value is -2.08. The lowest BCUT2D eigenvalue weighted by Gasteiger charge is -2.40. The number of amides is 2. The van der Waals surface area contributed by atoms with Crippen LogP contribution in [-0.4, -0.2) is 56.9 Å². The van der Waals surface area contributed by atoms with Gasteiger partial charge in [0.05, 0.1) is 5.52 Å². The molecular weight excluding hydrogens is 340 g/mol. The fourth-order valence-corrected chi connectivity index (χ4v) is 4.00. The lowest BCUT2D eigenvalue weighted by Crippen LogP contribution is -2.50. The summed E-state index contributed by atoms with van der Waals surface area (Å²) in [6, 6.07) is 5.59. The first-order valence-electron chi connectivity index (χ1n) is 8.85. The molecule has 2 aliphatic heterocycles. The van der Waals surface area contributed by atoms with Gasteiger partial charge in [-0.3, -0.25) is 9.59 Å². The molecule has 2 aliphatic rings. The maximum Gasteiger partial charge on any atom is 0.274 e. The van der Waals surface area contributed by atoms with Crippen molar-refractivity contribution in [2.45, 2.75) is 38.1 Å². The van der Waals surface area contributed by atoms with Gasteiger partial charge in [0.1, 0.15) is 0 Å². The van der Waals surface area contributed by atoms with Crippen molar-refractivity contribution in [1.29, 1.82) is 0 Å². The monoisotopic (exact) mass is 360 g/mol. The Kier molecular flexibility index (Phi) is 4.37. The Morgan fingerprint density at radius 3 is 2.72 bits per heavy atom. The highest BCUT2D eigenvalue weighted by atomic mass is 35.5. The molecule has 0 unspecified atom stereocenters. The average molecular weight is 361 g/mol. The van der Waals surface area contributed by atoms with Gasteiger partial charge in [-0.05, 0) is 43.9 Å².